The smallest absolute Gasteiger partial charge is 0.134 e. The van der Waals surface area contributed by atoms with Gasteiger partial charge in [0.15, 0.2) is 0 Å². The van der Waals surface area contributed by atoms with Crippen LogP contribution in [0.25, 0.3) is 11.3 Å². The quantitative estimate of drug-likeness (QED) is 0.911. The zero-order valence-corrected chi connectivity index (χ0v) is 10.2. The molecule has 1 aromatic heterocycles. The summed E-state index contributed by atoms with van der Waals surface area (Å²) in [6.45, 7) is 0.411. The fourth-order valence-corrected chi connectivity index (χ4v) is 1.79. The second-order valence-electron chi connectivity index (χ2n) is 3.10. The first-order valence-electron chi connectivity index (χ1n) is 4.45. The molecule has 0 saturated carbocycles. The molecule has 4 heteroatoms. The number of nitrogens with two attached hydrogens (primary N) is 1. The molecule has 0 spiro atoms. The number of benzene rings is 1. The topological polar surface area (TPSA) is 39.2 Å². The van der Waals surface area contributed by atoms with E-state index >= 15 is 0 Å². The van der Waals surface area contributed by atoms with E-state index in [9.17, 15) is 0 Å². The highest BCUT2D eigenvalue weighted by Gasteiger charge is 2.05. The number of hydrogen-bond acceptors (Lipinski definition) is 2. The molecule has 0 fully saturated rings. The van der Waals surface area contributed by atoms with Gasteiger partial charge >= 0.3 is 0 Å². The minimum Gasteiger partial charge on any atom is -0.460 e. The first-order valence-corrected chi connectivity index (χ1v) is 5.62. The van der Waals surface area contributed by atoms with Gasteiger partial charge in [0.1, 0.15) is 11.5 Å². The monoisotopic (exact) mass is 285 g/mol. The minimum absolute atomic E-state index is 0.411. The third kappa shape index (κ3) is 2.25. The number of rotatable bonds is 2. The second-order valence-corrected chi connectivity index (χ2v) is 4.36. The predicted octanol–water partition coefficient (Wildman–Crippen LogP) is 3.82. The van der Waals surface area contributed by atoms with Crippen LogP contribution in [0, 0.1) is 0 Å². The summed E-state index contributed by atoms with van der Waals surface area (Å²) in [7, 11) is 0. The van der Waals surface area contributed by atoms with Gasteiger partial charge in [-0.15, -0.1) is 0 Å². The van der Waals surface area contributed by atoms with Crippen molar-refractivity contribution >= 4 is 27.5 Å². The Hall–Kier alpha value is -0.770. The number of furan rings is 1. The summed E-state index contributed by atoms with van der Waals surface area (Å²) >= 11 is 9.27. The van der Waals surface area contributed by atoms with Gasteiger partial charge in [-0.05, 0) is 46.3 Å². The summed E-state index contributed by atoms with van der Waals surface area (Å²) in [5, 5.41) is 0.685. The van der Waals surface area contributed by atoms with E-state index in [0.29, 0.717) is 11.6 Å². The van der Waals surface area contributed by atoms with Crippen LogP contribution in [0.4, 0.5) is 0 Å². The SMILES string of the molecule is NCc1ccc(-c2ccc(Cl)c(Br)c2)o1. The lowest BCUT2D eigenvalue weighted by Gasteiger charge is -1.99. The van der Waals surface area contributed by atoms with E-state index in [2.05, 4.69) is 15.9 Å². The van der Waals surface area contributed by atoms with Crippen LogP contribution in [0.1, 0.15) is 5.76 Å². The average molecular weight is 287 g/mol. The Kier molecular flexibility index (Phi) is 3.14. The highest BCUT2D eigenvalue weighted by molar-refractivity contribution is 9.10. The van der Waals surface area contributed by atoms with Crippen LogP contribution in [0.5, 0.6) is 0 Å². The van der Waals surface area contributed by atoms with Gasteiger partial charge in [0, 0.05) is 10.0 Å². The third-order valence-electron chi connectivity index (χ3n) is 2.07. The van der Waals surface area contributed by atoms with Crippen molar-refractivity contribution in [3.63, 3.8) is 0 Å². The van der Waals surface area contributed by atoms with Crippen molar-refractivity contribution in [1.82, 2.24) is 0 Å². The Morgan fingerprint density at radius 2 is 2.07 bits per heavy atom. The molecule has 0 aliphatic carbocycles. The fraction of sp³-hybridized carbons (Fsp3) is 0.0909. The molecule has 2 N–H and O–H groups in total. The normalized spacial score (nSPS) is 10.6. The highest BCUT2D eigenvalue weighted by Crippen LogP contribution is 2.29. The van der Waals surface area contributed by atoms with Crippen LogP contribution in [0.15, 0.2) is 39.2 Å². The molecular weight excluding hydrogens is 277 g/mol. The second kappa shape index (κ2) is 4.39. The summed E-state index contributed by atoms with van der Waals surface area (Å²) < 4.78 is 6.38. The standard InChI is InChI=1S/C11H9BrClNO/c12-9-5-7(1-3-10(9)13)11-4-2-8(6-14)15-11/h1-5H,6,14H2. The third-order valence-corrected chi connectivity index (χ3v) is 3.28. The van der Waals surface area contributed by atoms with E-state index in [1.807, 2.05) is 30.3 Å². The van der Waals surface area contributed by atoms with Gasteiger partial charge in [0.25, 0.3) is 0 Å². The van der Waals surface area contributed by atoms with Crippen molar-refractivity contribution in [2.75, 3.05) is 0 Å². The predicted molar refractivity (Wildman–Crippen MR) is 64.7 cm³/mol. The molecule has 78 valence electrons. The van der Waals surface area contributed by atoms with Gasteiger partial charge in [-0.1, -0.05) is 11.6 Å². The van der Waals surface area contributed by atoms with Crippen molar-refractivity contribution in [2.45, 2.75) is 6.54 Å². The first kappa shape index (κ1) is 10.7. The van der Waals surface area contributed by atoms with Crippen molar-refractivity contribution in [1.29, 1.82) is 0 Å². The van der Waals surface area contributed by atoms with Crippen LogP contribution >= 0.6 is 27.5 Å². The summed E-state index contributed by atoms with van der Waals surface area (Å²) in [6.07, 6.45) is 0. The molecule has 0 saturated heterocycles. The van der Waals surface area contributed by atoms with Gasteiger partial charge in [-0.25, -0.2) is 0 Å². The Morgan fingerprint density at radius 3 is 2.67 bits per heavy atom. The van der Waals surface area contributed by atoms with E-state index in [0.717, 1.165) is 21.6 Å². The molecule has 1 aromatic carbocycles. The van der Waals surface area contributed by atoms with E-state index < -0.39 is 0 Å². The zero-order valence-electron chi connectivity index (χ0n) is 7.84. The van der Waals surface area contributed by atoms with Gasteiger partial charge in [0.2, 0.25) is 0 Å². The lowest BCUT2D eigenvalue weighted by molar-refractivity contribution is 0.525. The summed E-state index contributed by atoms with van der Waals surface area (Å²) in [5.41, 5.74) is 6.45. The Morgan fingerprint density at radius 1 is 1.27 bits per heavy atom. The van der Waals surface area contributed by atoms with Crippen molar-refractivity contribution in [2.24, 2.45) is 5.73 Å². The summed E-state index contributed by atoms with van der Waals surface area (Å²) in [4.78, 5) is 0. The largest absolute Gasteiger partial charge is 0.460 e. The van der Waals surface area contributed by atoms with Crippen molar-refractivity contribution in [3.8, 4) is 11.3 Å². The molecule has 0 radical (unpaired) electrons. The first-order chi connectivity index (χ1) is 7.20. The molecule has 0 aliphatic heterocycles. The molecule has 0 bridgehead atoms. The molecule has 0 unspecified atom stereocenters. The Balaban J connectivity index is 2.40. The van der Waals surface area contributed by atoms with Gasteiger partial charge in [-0.2, -0.15) is 0 Å². The Bertz CT molecular complexity index is 481. The number of hydrogen-bond donors (Lipinski definition) is 1. The summed E-state index contributed by atoms with van der Waals surface area (Å²) in [6, 6.07) is 9.43. The van der Waals surface area contributed by atoms with E-state index in [4.69, 9.17) is 21.8 Å². The molecule has 2 nitrogen and oxygen atoms in total. The van der Waals surface area contributed by atoms with Crippen LogP contribution in [-0.4, -0.2) is 0 Å². The molecule has 2 rings (SSSR count). The fourth-order valence-electron chi connectivity index (χ4n) is 1.29. The lowest BCUT2D eigenvalue weighted by Crippen LogP contribution is -1.92. The molecule has 2 aromatic rings. The molecule has 0 atom stereocenters. The Labute approximate surface area is 101 Å². The molecule has 0 amide bonds. The van der Waals surface area contributed by atoms with Crippen LogP contribution in [0.2, 0.25) is 5.02 Å². The van der Waals surface area contributed by atoms with Gasteiger partial charge in [0.05, 0.1) is 11.6 Å². The van der Waals surface area contributed by atoms with Crippen LogP contribution in [0.3, 0.4) is 0 Å². The molecule has 15 heavy (non-hydrogen) atoms. The van der Waals surface area contributed by atoms with Gasteiger partial charge in [-0.3, -0.25) is 0 Å². The summed E-state index contributed by atoms with van der Waals surface area (Å²) in [5.74, 6) is 1.57. The maximum absolute atomic E-state index is 5.90. The average Bonchev–Trinajstić information content (AvgIpc) is 2.70. The van der Waals surface area contributed by atoms with E-state index in [-0.39, 0.29) is 0 Å². The van der Waals surface area contributed by atoms with Crippen LogP contribution in [-0.2, 0) is 6.54 Å². The van der Waals surface area contributed by atoms with Crippen LogP contribution < -0.4 is 5.73 Å². The molecular formula is C11H9BrClNO. The van der Waals surface area contributed by atoms with E-state index in [1.165, 1.54) is 0 Å². The minimum atomic E-state index is 0.411. The van der Waals surface area contributed by atoms with Crippen molar-refractivity contribution in [3.05, 3.63) is 45.6 Å². The maximum Gasteiger partial charge on any atom is 0.134 e. The lowest BCUT2D eigenvalue weighted by atomic mass is 10.2. The maximum atomic E-state index is 5.90. The van der Waals surface area contributed by atoms with Crippen molar-refractivity contribution < 1.29 is 4.42 Å². The van der Waals surface area contributed by atoms with Gasteiger partial charge < -0.3 is 10.2 Å². The zero-order chi connectivity index (χ0) is 10.8. The highest BCUT2D eigenvalue weighted by atomic mass is 79.9. The number of halogens is 2. The van der Waals surface area contributed by atoms with E-state index in [1.54, 1.807) is 0 Å². The molecule has 0 aliphatic rings. The molecule has 1 heterocycles.